The molecule has 0 saturated carbocycles. The molecule has 0 bridgehead atoms. The first-order valence-corrected chi connectivity index (χ1v) is 11.6. The predicted octanol–water partition coefficient (Wildman–Crippen LogP) is 2.45. The minimum atomic E-state index is -0.299. The molecule has 2 aromatic rings. The molecule has 2 heterocycles. The topological polar surface area (TPSA) is 55.9 Å². The molecule has 2 aliphatic heterocycles. The highest BCUT2D eigenvalue weighted by Gasteiger charge is 2.35. The zero-order valence-corrected chi connectivity index (χ0v) is 19.2. The van der Waals surface area contributed by atoms with Crippen molar-refractivity contribution in [1.82, 2.24) is 20.0 Å². The van der Waals surface area contributed by atoms with Gasteiger partial charge in [-0.1, -0.05) is 60.2 Å². The van der Waals surface area contributed by atoms with Crippen LogP contribution in [-0.4, -0.2) is 72.8 Å². The molecule has 2 aromatic carbocycles. The Kier molecular flexibility index (Phi) is 7.22. The Morgan fingerprint density at radius 2 is 1.72 bits per heavy atom. The molecule has 0 radical (unpaired) electrons. The molecule has 2 atom stereocenters. The smallest absolute Gasteiger partial charge is 0.225 e. The molecule has 6 nitrogen and oxygen atoms in total. The van der Waals surface area contributed by atoms with Crippen LogP contribution in [0.5, 0.6) is 0 Å². The number of nitrogens with one attached hydrogen (secondary N) is 1. The fraction of sp³-hybridized carbons (Fsp3) is 0.462. The highest BCUT2D eigenvalue weighted by molar-refractivity contribution is 5.89. The average Bonchev–Trinajstić information content (AvgIpc) is 3.17. The van der Waals surface area contributed by atoms with Gasteiger partial charge in [0, 0.05) is 52.2 Å². The van der Waals surface area contributed by atoms with Crippen molar-refractivity contribution < 1.29 is 9.59 Å². The van der Waals surface area contributed by atoms with Crippen LogP contribution in [-0.2, 0) is 16.1 Å². The first-order chi connectivity index (χ1) is 15.5. The molecule has 2 amide bonds. The zero-order valence-electron chi connectivity index (χ0n) is 19.2. The van der Waals surface area contributed by atoms with Gasteiger partial charge in [-0.25, -0.2) is 0 Å². The molecule has 6 heteroatoms. The van der Waals surface area contributed by atoms with E-state index < -0.39 is 0 Å². The molecule has 2 saturated heterocycles. The molecule has 2 fully saturated rings. The second kappa shape index (κ2) is 10.3. The third-order valence-corrected chi connectivity index (χ3v) is 6.63. The molecule has 2 unspecified atom stereocenters. The summed E-state index contributed by atoms with van der Waals surface area (Å²) in [5, 5.41) is 3.27. The Bertz CT molecular complexity index is 907. The Labute approximate surface area is 191 Å². The van der Waals surface area contributed by atoms with Gasteiger partial charge in [-0.3, -0.25) is 14.5 Å². The Hall–Kier alpha value is -2.70. The van der Waals surface area contributed by atoms with Gasteiger partial charge >= 0.3 is 0 Å². The highest BCUT2D eigenvalue weighted by atomic mass is 16.2. The molecule has 1 N–H and O–H groups in total. The molecular formula is C26H34N4O2. The Morgan fingerprint density at radius 1 is 1.03 bits per heavy atom. The minimum Gasteiger partial charge on any atom is -0.348 e. The van der Waals surface area contributed by atoms with Crippen LogP contribution in [0.1, 0.15) is 29.2 Å². The van der Waals surface area contributed by atoms with Crippen LogP contribution in [0, 0.1) is 12.8 Å². The first kappa shape index (κ1) is 22.5. The van der Waals surface area contributed by atoms with Crippen molar-refractivity contribution in [2.24, 2.45) is 5.92 Å². The summed E-state index contributed by atoms with van der Waals surface area (Å²) in [6.45, 7) is 7.97. The number of hydrogen-bond acceptors (Lipinski definition) is 4. The predicted molar refractivity (Wildman–Crippen MR) is 126 cm³/mol. The summed E-state index contributed by atoms with van der Waals surface area (Å²) in [4.78, 5) is 32.4. The van der Waals surface area contributed by atoms with Gasteiger partial charge < -0.3 is 15.1 Å². The molecule has 32 heavy (non-hydrogen) atoms. The van der Waals surface area contributed by atoms with Gasteiger partial charge in [-0.15, -0.1) is 0 Å². The fourth-order valence-electron chi connectivity index (χ4n) is 4.51. The number of carbonyl (C=O) groups excluding carboxylic acids is 2. The maximum Gasteiger partial charge on any atom is 0.225 e. The van der Waals surface area contributed by atoms with Crippen LogP contribution >= 0.6 is 0 Å². The number of aryl methyl sites for hydroxylation is 1. The van der Waals surface area contributed by atoms with Crippen LogP contribution in [0.3, 0.4) is 0 Å². The number of rotatable bonds is 7. The van der Waals surface area contributed by atoms with E-state index in [1.54, 1.807) is 0 Å². The zero-order chi connectivity index (χ0) is 22.5. The second-order valence-electron chi connectivity index (χ2n) is 9.24. The van der Waals surface area contributed by atoms with Crippen LogP contribution in [0.25, 0.3) is 0 Å². The summed E-state index contributed by atoms with van der Waals surface area (Å²) < 4.78 is 0. The molecular weight excluding hydrogens is 400 g/mol. The van der Waals surface area contributed by atoms with Gasteiger partial charge in [-0.05, 0) is 25.1 Å². The monoisotopic (exact) mass is 434 g/mol. The van der Waals surface area contributed by atoms with Crippen molar-refractivity contribution >= 4 is 11.8 Å². The van der Waals surface area contributed by atoms with Crippen LogP contribution in [0.2, 0.25) is 0 Å². The first-order valence-electron chi connectivity index (χ1n) is 11.6. The van der Waals surface area contributed by atoms with E-state index in [1.165, 1.54) is 5.56 Å². The third-order valence-electron chi connectivity index (χ3n) is 6.63. The number of nitrogens with zero attached hydrogens (tertiary/aromatic N) is 3. The quantitative estimate of drug-likeness (QED) is 0.727. The van der Waals surface area contributed by atoms with E-state index in [-0.39, 0.29) is 30.2 Å². The van der Waals surface area contributed by atoms with E-state index in [0.717, 1.165) is 43.9 Å². The standard InChI is InChI=1S/C26H34N4O2/c1-20-8-10-21(11-9-20)17-30-18-23(16-25(30)31)26(32)27-24(22-6-4-3-5-7-22)19-29-14-12-28(2)13-15-29/h3-11,23-24H,12-19H2,1-2H3,(H,27,32). The summed E-state index contributed by atoms with van der Waals surface area (Å²) >= 11 is 0. The lowest BCUT2D eigenvalue weighted by atomic mass is 10.0. The lowest BCUT2D eigenvalue weighted by Gasteiger charge is -2.35. The Balaban J connectivity index is 1.39. The third kappa shape index (κ3) is 5.75. The lowest BCUT2D eigenvalue weighted by Crippen LogP contribution is -2.48. The van der Waals surface area contributed by atoms with E-state index in [4.69, 9.17) is 0 Å². The summed E-state index contributed by atoms with van der Waals surface area (Å²) in [7, 11) is 2.15. The lowest BCUT2D eigenvalue weighted by molar-refractivity contribution is -0.129. The molecule has 0 spiro atoms. The maximum absolute atomic E-state index is 13.2. The number of likely N-dealkylation sites (tertiary alicyclic amines) is 1. The van der Waals surface area contributed by atoms with Crippen molar-refractivity contribution in [3.8, 4) is 0 Å². The molecule has 170 valence electrons. The summed E-state index contributed by atoms with van der Waals surface area (Å²) in [5.41, 5.74) is 3.41. The summed E-state index contributed by atoms with van der Waals surface area (Å²) in [6, 6.07) is 18.3. The normalized spacial score (nSPS) is 21.0. The minimum absolute atomic E-state index is 0.0206. The van der Waals surface area contributed by atoms with Gasteiger partial charge in [0.25, 0.3) is 0 Å². The highest BCUT2D eigenvalue weighted by Crippen LogP contribution is 2.23. The van der Waals surface area contributed by atoms with Gasteiger partial charge in [0.1, 0.15) is 0 Å². The maximum atomic E-state index is 13.2. The molecule has 2 aliphatic rings. The second-order valence-corrected chi connectivity index (χ2v) is 9.24. The number of amides is 2. The number of benzene rings is 2. The van der Waals surface area contributed by atoms with Crippen molar-refractivity contribution in [3.63, 3.8) is 0 Å². The Morgan fingerprint density at radius 3 is 2.41 bits per heavy atom. The van der Waals surface area contributed by atoms with Crippen molar-refractivity contribution in [2.45, 2.75) is 25.9 Å². The number of piperazine rings is 1. The molecule has 0 aliphatic carbocycles. The number of carbonyl (C=O) groups is 2. The summed E-state index contributed by atoms with van der Waals surface area (Å²) in [6.07, 6.45) is 0.285. The van der Waals surface area contributed by atoms with Crippen LogP contribution < -0.4 is 5.32 Å². The van der Waals surface area contributed by atoms with Crippen LogP contribution in [0.4, 0.5) is 0 Å². The van der Waals surface area contributed by atoms with E-state index in [2.05, 4.69) is 65.5 Å². The van der Waals surface area contributed by atoms with Gasteiger partial charge in [0.2, 0.25) is 11.8 Å². The van der Waals surface area contributed by atoms with Crippen molar-refractivity contribution in [3.05, 3.63) is 71.3 Å². The fourth-order valence-corrected chi connectivity index (χ4v) is 4.51. The van der Waals surface area contributed by atoms with E-state index in [1.807, 2.05) is 23.1 Å². The number of hydrogen-bond donors (Lipinski definition) is 1. The van der Waals surface area contributed by atoms with E-state index >= 15 is 0 Å². The van der Waals surface area contributed by atoms with Crippen molar-refractivity contribution in [1.29, 1.82) is 0 Å². The molecule has 4 rings (SSSR count). The largest absolute Gasteiger partial charge is 0.348 e. The van der Waals surface area contributed by atoms with Gasteiger partial charge in [0.05, 0.1) is 12.0 Å². The van der Waals surface area contributed by atoms with Crippen molar-refractivity contribution in [2.75, 3.05) is 46.3 Å². The molecule has 0 aromatic heterocycles. The van der Waals surface area contributed by atoms with Gasteiger partial charge in [-0.2, -0.15) is 0 Å². The van der Waals surface area contributed by atoms with Gasteiger partial charge in [0.15, 0.2) is 0 Å². The van der Waals surface area contributed by atoms with E-state index in [9.17, 15) is 9.59 Å². The number of likely N-dealkylation sites (N-methyl/N-ethyl adjacent to an activating group) is 1. The SMILES string of the molecule is Cc1ccc(CN2CC(C(=O)NC(CN3CCN(C)CC3)c3ccccc3)CC2=O)cc1. The van der Waals surface area contributed by atoms with Crippen LogP contribution in [0.15, 0.2) is 54.6 Å². The summed E-state index contributed by atoms with van der Waals surface area (Å²) in [5.74, 6) is -0.263. The average molecular weight is 435 g/mol. The van der Waals surface area contributed by atoms with E-state index in [0.29, 0.717) is 13.1 Å².